The molecule has 2 aromatic carbocycles. The number of fused-ring (bicyclic) bond motifs is 1. The van der Waals surface area contributed by atoms with Crippen LogP contribution in [-0.4, -0.2) is 25.7 Å². The summed E-state index contributed by atoms with van der Waals surface area (Å²) in [6.07, 6.45) is 3.49. The van der Waals surface area contributed by atoms with Gasteiger partial charge in [0.2, 0.25) is 0 Å². The molecule has 25 heavy (non-hydrogen) atoms. The van der Waals surface area contributed by atoms with E-state index in [0.29, 0.717) is 28.9 Å². The highest BCUT2D eigenvalue weighted by Gasteiger charge is 2.11. The van der Waals surface area contributed by atoms with Crippen LogP contribution in [0.2, 0.25) is 10.0 Å². The fourth-order valence-electron chi connectivity index (χ4n) is 2.78. The Morgan fingerprint density at radius 1 is 1.04 bits per heavy atom. The summed E-state index contributed by atoms with van der Waals surface area (Å²) in [6, 6.07) is 11.1. The van der Waals surface area contributed by atoms with Crippen molar-refractivity contribution in [2.45, 2.75) is 19.3 Å². The number of benzene rings is 2. The Morgan fingerprint density at radius 3 is 2.72 bits per heavy atom. The van der Waals surface area contributed by atoms with Gasteiger partial charge in [0, 0.05) is 5.02 Å². The fourth-order valence-corrected chi connectivity index (χ4v) is 3.25. The summed E-state index contributed by atoms with van der Waals surface area (Å²) in [5, 5.41) is 3.64. The summed E-state index contributed by atoms with van der Waals surface area (Å²) in [5.74, 6) is 1.04. The molecule has 132 valence electrons. The Bertz CT molecular complexity index is 764. The second-order valence-electron chi connectivity index (χ2n) is 5.85. The number of hydrogen-bond acceptors (Lipinski definition) is 3. The van der Waals surface area contributed by atoms with Crippen molar-refractivity contribution in [3.63, 3.8) is 0 Å². The molecule has 4 nitrogen and oxygen atoms in total. The van der Waals surface area contributed by atoms with Gasteiger partial charge >= 0.3 is 0 Å². The van der Waals surface area contributed by atoms with Crippen molar-refractivity contribution < 1.29 is 14.3 Å². The number of ether oxygens (including phenoxy) is 2. The molecule has 0 saturated carbocycles. The molecule has 0 aliphatic heterocycles. The molecule has 0 aromatic heterocycles. The molecule has 0 bridgehead atoms. The Hall–Kier alpha value is -1.91. The van der Waals surface area contributed by atoms with Crippen LogP contribution in [0, 0.1) is 0 Å². The van der Waals surface area contributed by atoms with Crippen LogP contribution in [0.25, 0.3) is 0 Å². The van der Waals surface area contributed by atoms with E-state index >= 15 is 0 Å². The first kappa shape index (κ1) is 17.9. The van der Waals surface area contributed by atoms with Gasteiger partial charge in [0.15, 0.2) is 6.61 Å². The SMILES string of the molecule is O=C(COc1ccc(Cl)cc1Cl)NCCOc1ccc2c(c1)CCC2. The molecule has 0 radical (unpaired) electrons. The molecule has 2 aromatic rings. The molecule has 0 fully saturated rings. The van der Waals surface area contributed by atoms with E-state index in [1.165, 1.54) is 17.5 Å². The zero-order valence-corrected chi connectivity index (χ0v) is 15.2. The zero-order chi connectivity index (χ0) is 17.6. The van der Waals surface area contributed by atoms with Gasteiger partial charge in [-0.2, -0.15) is 0 Å². The first-order valence-corrected chi connectivity index (χ1v) is 8.96. The van der Waals surface area contributed by atoms with Gasteiger partial charge in [-0.25, -0.2) is 0 Å². The predicted octanol–water partition coefficient (Wildman–Crippen LogP) is 4.06. The van der Waals surface area contributed by atoms with Crippen LogP contribution in [0.3, 0.4) is 0 Å². The van der Waals surface area contributed by atoms with E-state index < -0.39 is 0 Å². The lowest BCUT2D eigenvalue weighted by Gasteiger charge is -2.10. The fraction of sp³-hybridized carbons (Fsp3) is 0.316. The molecule has 0 saturated heterocycles. The first-order chi connectivity index (χ1) is 12.1. The Kier molecular flexibility index (Phi) is 6.05. The van der Waals surface area contributed by atoms with E-state index in [0.717, 1.165) is 18.6 Å². The summed E-state index contributed by atoms with van der Waals surface area (Å²) in [4.78, 5) is 11.8. The molecular formula is C19H19Cl2NO3. The molecule has 1 aliphatic carbocycles. The topological polar surface area (TPSA) is 47.6 Å². The molecule has 1 N–H and O–H groups in total. The Labute approximate surface area is 157 Å². The Morgan fingerprint density at radius 2 is 1.88 bits per heavy atom. The minimum atomic E-state index is -0.233. The summed E-state index contributed by atoms with van der Waals surface area (Å²) in [6.45, 7) is 0.708. The molecular weight excluding hydrogens is 361 g/mol. The van der Waals surface area contributed by atoms with E-state index in [-0.39, 0.29) is 12.5 Å². The van der Waals surface area contributed by atoms with Crippen LogP contribution in [0.5, 0.6) is 11.5 Å². The van der Waals surface area contributed by atoms with E-state index in [4.69, 9.17) is 32.7 Å². The Balaban J connectivity index is 1.36. The summed E-state index contributed by atoms with van der Waals surface area (Å²) in [5.41, 5.74) is 2.79. The van der Waals surface area contributed by atoms with Crippen LogP contribution in [-0.2, 0) is 17.6 Å². The number of aryl methyl sites for hydroxylation is 2. The number of carbonyl (C=O) groups is 1. The number of amides is 1. The van der Waals surface area contributed by atoms with Crippen molar-refractivity contribution in [1.82, 2.24) is 5.32 Å². The number of hydrogen-bond donors (Lipinski definition) is 1. The van der Waals surface area contributed by atoms with Crippen LogP contribution < -0.4 is 14.8 Å². The van der Waals surface area contributed by atoms with Gasteiger partial charge in [-0.1, -0.05) is 29.3 Å². The highest BCUT2D eigenvalue weighted by molar-refractivity contribution is 6.35. The van der Waals surface area contributed by atoms with Crippen LogP contribution in [0.1, 0.15) is 17.5 Å². The lowest BCUT2D eigenvalue weighted by Crippen LogP contribution is -2.32. The monoisotopic (exact) mass is 379 g/mol. The van der Waals surface area contributed by atoms with Crippen molar-refractivity contribution in [2.75, 3.05) is 19.8 Å². The average molecular weight is 380 g/mol. The van der Waals surface area contributed by atoms with Gasteiger partial charge in [0.1, 0.15) is 18.1 Å². The van der Waals surface area contributed by atoms with Crippen LogP contribution >= 0.6 is 23.2 Å². The lowest BCUT2D eigenvalue weighted by molar-refractivity contribution is -0.123. The van der Waals surface area contributed by atoms with Gasteiger partial charge in [0.25, 0.3) is 5.91 Å². The molecule has 3 rings (SSSR count). The second-order valence-corrected chi connectivity index (χ2v) is 6.69. The molecule has 6 heteroatoms. The normalized spacial score (nSPS) is 12.6. The van der Waals surface area contributed by atoms with E-state index in [2.05, 4.69) is 17.4 Å². The standard InChI is InChI=1S/C19H19Cl2NO3/c20-15-5-7-18(17(21)11-15)25-12-19(23)22-8-9-24-16-6-4-13-2-1-3-14(13)10-16/h4-7,10-11H,1-3,8-9,12H2,(H,22,23). The summed E-state index contributed by atoms with van der Waals surface area (Å²) >= 11 is 11.8. The highest BCUT2D eigenvalue weighted by atomic mass is 35.5. The van der Waals surface area contributed by atoms with E-state index in [9.17, 15) is 4.79 Å². The summed E-state index contributed by atoms with van der Waals surface area (Å²) in [7, 11) is 0. The molecule has 0 unspecified atom stereocenters. The largest absolute Gasteiger partial charge is 0.492 e. The minimum Gasteiger partial charge on any atom is -0.492 e. The second kappa shape index (κ2) is 8.45. The van der Waals surface area contributed by atoms with Gasteiger partial charge in [-0.05, 0) is 60.7 Å². The van der Waals surface area contributed by atoms with Gasteiger partial charge in [-0.3, -0.25) is 4.79 Å². The molecule has 0 atom stereocenters. The van der Waals surface area contributed by atoms with Gasteiger partial charge < -0.3 is 14.8 Å². The maximum absolute atomic E-state index is 11.8. The summed E-state index contributed by atoms with van der Waals surface area (Å²) < 4.78 is 11.1. The van der Waals surface area contributed by atoms with Crippen molar-refractivity contribution in [3.8, 4) is 11.5 Å². The third kappa shape index (κ3) is 5.03. The number of nitrogens with one attached hydrogen (secondary N) is 1. The third-order valence-corrected chi connectivity index (χ3v) is 4.55. The highest BCUT2D eigenvalue weighted by Crippen LogP contribution is 2.27. The third-order valence-electron chi connectivity index (χ3n) is 4.02. The average Bonchev–Trinajstić information content (AvgIpc) is 3.05. The first-order valence-electron chi connectivity index (χ1n) is 8.21. The smallest absolute Gasteiger partial charge is 0.258 e. The molecule has 1 amide bonds. The van der Waals surface area contributed by atoms with Crippen molar-refractivity contribution >= 4 is 29.1 Å². The number of carbonyl (C=O) groups excluding carboxylic acids is 1. The van der Waals surface area contributed by atoms with Crippen molar-refractivity contribution in [2.24, 2.45) is 0 Å². The maximum Gasteiger partial charge on any atom is 0.258 e. The van der Waals surface area contributed by atoms with Crippen LogP contribution in [0.4, 0.5) is 0 Å². The minimum absolute atomic E-state index is 0.111. The van der Waals surface area contributed by atoms with Gasteiger partial charge in [0.05, 0.1) is 11.6 Å². The zero-order valence-electron chi connectivity index (χ0n) is 13.7. The molecule has 0 heterocycles. The lowest BCUT2D eigenvalue weighted by atomic mass is 10.1. The molecule has 1 aliphatic rings. The maximum atomic E-state index is 11.8. The quantitative estimate of drug-likeness (QED) is 0.737. The predicted molar refractivity (Wildman–Crippen MR) is 98.9 cm³/mol. The van der Waals surface area contributed by atoms with Crippen molar-refractivity contribution in [3.05, 3.63) is 57.6 Å². The van der Waals surface area contributed by atoms with E-state index in [1.807, 2.05) is 6.07 Å². The number of rotatable bonds is 7. The molecule has 0 spiro atoms. The van der Waals surface area contributed by atoms with E-state index in [1.54, 1.807) is 18.2 Å². The van der Waals surface area contributed by atoms with Gasteiger partial charge in [-0.15, -0.1) is 0 Å². The number of halogens is 2. The van der Waals surface area contributed by atoms with Crippen LogP contribution in [0.15, 0.2) is 36.4 Å². The van der Waals surface area contributed by atoms with Crippen molar-refractivity contribution in [1.29, 1.82) is 0 Å².